The van der Waals surface area contributed by atoms with E-state index in [1.165, 1.54) is 26.3 Å². The fraction of sp³-hybridized carbons (Fsp3) is 0.667. The fourth-order valence-electron chi connectivity index (χ4n) is 2.66. The van der Waals surface area contributed by atoms with Crippen LogP contribution in [0.1, 0.15) is 69.1 Å². The summed E-state index contributed by atoms with van der Waals surface area (Å²) in [5, 5.41) is 5.17. The van der Waals surface area contributed by atoms with Gasteiger partial charge in [-0.2, -0.15) is 0 Å². The first-order chi connectivity index (χ1) is 10.2. The quantitative estimate of drug-likeness (QED) is 0.870. The number of hydrogen-bond acceptors (Lipinski definition) is 4. The lowest BCUT2D eigenvalue weighted by Crippen LogP contribution is -2.38. The molecule has 0 spiro atoms. The van der Waals surface area contributed by atoms with Crippen molar-refractivity contribution in [1.29, 1.82) is 0 Å². The van der Waals surface area contributed by atoms with E-state index < -0.39 is 6.04 Å². The largest absolute Gasteiger partial charge is 0.443 e. The second kappa shape index (κ2) is 7.24. The van der Waals surface area contributed by atoms with E-state index in [1.54, 1.807) is 13.1 Å². The molecule has 2 amide bonds. The molecule has 0 radical (unpaired) electrons. The summed E-state index contributed by atoms with van der Waals surface area (Å²) in [5.41, 5.74) is 0. The van der Waals surface area contributed by atoms with E-state index in [2.05, 4.69) is 15.6 Å². The minimum absolute atomic E-state index is 0.207. The zero-order chi connectivity index (χ0) is 15.2. The van der Waals surface area contributed by atoms with Crippen molar-refractivity contribution in [2.45, 2.75) is 57.4 Å². The van der Waals surface area contributed by atoms with Crippen LogP contribution >= 0.6 is 0 Å². The van der Waals surface area contributed by atoms with Crippen molar-refractivity contribution in [3.8, 4) is 0 Å². The Morgan fingerprint density at radius 2 is 2.10 bits per heavy atom. The van der Waals surface area contributed by atoms with Crippen LogP contribution in [0.4, 0.5) is 0 Å². The van der Waals surface area contributed by atoms with Crippen LogP contribution in [-0.4, -0.2) is 23.8 Å². The normalized spacial score (nSPS) is 17.2. The van der Waals surface area contributed by atoms with Gasteiger partial charge in [0.05, 0.1) is 6.20 Å². The van der Waals surface area contributed by atoms with Gasteiger partial charge in [0.1, 0.15) is 5.76 Å². The summed E-state index contributed by atoms with van der Waals surface area (Å²) in [7, 11) is 1.53. The van der Waals surface area contributed by atoms with Gasteiger partial charge in [0, 0.05) is 19.4 Å². The maximum Gasteiger partial charge on any atom is 0.252 e. The predicted octanol–water partition coefficient (Wildman–Crippen LogP) is 2.04. The molecular weight excluding hydrogens is 270 g/mol. The van der Waals surface area contributed by atoms with Gasteiger partial charge in [-0.25, -0.2) is 4.98 Å². The minimum atomic E-state index is -0.861. The topological polar surface area (TPSA) is 84.2 Å². The molecule has 1 aliphatic carbocycles. The van der Waals surface area contributed by atoms with E-state index >= 15 is 0 Å². The van der Waals surface area contributed by atoms with E-state index in [4.69, 9.17) is 4.42 Å². The molecule has 1 fully saturated rings. The van der Waals surface area contributed by atoms with Gasteiger partial charge in [-0.15, -0.1) is 0 Å². The first-order valence-electron chi connectivity index (χ1n) is 7.62. The molecule has 2 N–H and O–H groups in total. The number of oxazole rings is 1. The highest BCUT2D eigenvalue weighted by Gasteiger charge is 2.28. The Balaban J connectivity index is 2.14. The number of amides is 2. The number of nitrogens with zero attached hydrogens (tertiary/aromatic N) is 1. The highest BCUT2D eigenvalue weighted by atomic mass is 16.4. The third kappa shape index (κ3) is 3.83. The van der Waals surface area contributed by atoms with Crippen LogP contribution in [-0.2, 0) is 9.59 Å². The van der Waals surface area contributed by atoms with E-state index in [-0.39, 0.29) is 17.7 Å². The Morgan fingerprint density at radius 3 is 2.71 bits per heavy atom. The molecule has 21 heavy (non-hydrogen) atoms. The lowest BCUT2D eigenvalue weighted by atomic mass is 9.88. The van der Waals surface area contributed by atoms with Crippen LogP contribution in [0.25, 0.3) is 0 Å². The van der Waals surface area contributed by atoms with E-state index in [9.17, 15) is 9.59 Å². The number of hydrogen-bond donors (Lipinski definition) is 2. The number of carbonyl (C=O) groups is 2. The molecule has 1 aromatic rings. The molecule has 0 saturated heterocycles. The Labute approximate surface area is 124 Å². The molecule has 1 heterocycles. The lowest BCUT2D eigenvalue weighted by Gasteiger charge is -2.19. The van der Waals surface area contributed by atoms with Gasteiger partial charge in [-0.3, -0.25) is 9.59 Å². The third-order valence-electron chi connectivity index (χ3n) is 3.93. The minimum Gasteiger partial charge on any atom is -0.443 e. The number of rotatable bonds is 5. The van der Waals surface area contributed by atoms with Crippen LogP contribution in [0, 0.1) is 0 Å². The second-order valence-electron chi connectivity index (χ2n) is 5.40. The van der Waals surface area contributed by atoms with Crippen molar-refractivity contribution in [1.82, 2.24) is 15.6 Å². The number of nitrogens with one attached hydrogen (secondary N) is 2. The Kier molecular flexibility index (Phi) is 5.36. The van der Waals surface area contributed by atoms with Crippen molar-refractivity contribution in [3.63, 3.8) is 0 Å². The van der Waals surface area contributed by atoms with Gasteiger partial charge in [-0.05, 0) is 12.8 Å². The average molecular weight is 293 g/mol. The van der Waals surface area contributed by atoms with Gasteiger partial charge in [0.25, 0.3) is 5.91 Å². The van der Waals surface area contributed by atoms with Gasteiger partial charge < -0.3 is 15.1 Å². The molecule has 1 atom stereocenters. The SMILES string of the molecule is CCC(=O)NC(C(=O)NC)c1ncc(C2CCCCC2)o1. The number of likely N-dealkylation sites (N-methyl/N-ethyl adjacent to an activating group) is 1. The summed E-state index contributed by atoms with van der Waals surface area (Å²) in [6.07, 6.45) is 7.87. The van der Waals surface area contributed by atoms with E-state index in [1.807, 2.05) is 0 Å². The number of aromatic nitrogens is 1. The Hall–Kier alpha value is -1.85. The highest BCUT2D eigenvalue weighted by molar-refractivity contribution is 5.87. The van der Waals surface area contributed by atoms with Gasteiger partial charge in [-0.1, -0.05) is 26.2 Å². The van der Waals surface area contributed by atoms with Crippen molar-refractivity contribution in [2.75, 3.05) is 7.05 Å². The molecule has 1 aliphatic rings. The molecular formula is C15H23N3O3. The Bertz CT molecular complexity index is 492. The highest BCUT2D eigenvalue weighted by Crippen LogP contribution is 2.33. The van der Waals surface area contributed by atoms with Crippen molar-refractivity contribution in [3.05, 3.63) is 17.8 Å². The zero-order valence-electron chi connectivity index (χ0n) is 12.6. The first kappa shape index (κ1) is 15.5. The van der Waals surface area contributed by atoms with Crippen molar-refractivity contribution < 1.29 is 14.0 Å². The molecule has 6 heteroatoms. The van der Waals surface area contributed by atoms with E-state index in [0.717, 1.165) is 18.6 Å². The standard InChI is InChI=1S/C15H23N3O3/c1-3-12(19)18-13(14(20)16-2)15-17-9-11(21-15)10-7-5-4-6-8-10/h9-10,13H,3-8H2,1-2H3,(H,16,20)(H,18,19). The lowest BCUT2D eigenvalue weighted by molar-refractivity contribution is -0.129. The molecule has 116 valence electrons. The summed E-state index contributed by atoms with van der Waals surface area (Å²) < 4.78 is 5.77. The summed E-state index contributed by atoms with van der Waals surface area (Å²) in [6, 6.07) is -0.861. The molecule has 2 rings (SSSR count). The monoisotopic (exact) mass is 293 g/mol. The molecule has 6 nitrogen and oxygen atoms in total. The van der Waals surface area contributed by atoms with Crippen molar-refractivity contribution >= 4 is 11.8 Å². The van der Waals surface area contributed by atoms with Gasteiger partial charge in [0.2, 0.25) is 11.8 Å². The van der Waals surface area contributed by atoms with Crippen LogP contribution in [0.15, 0.2) is 10.6 Å². The average Bonchev–Trinajstić information content (AvgIpc) is 3.02. The zero-order valence-corrected chi connectivity index (χ0v) is 12.6. The maximum absolute atomic E-state index is 11.9. The molecule has 1 aromatic heterocycles. The summed E-state index contributed by atoms with van der Waals surface area (Å²) in [6.45, 7) is 1.74. The Morgan fingerprint density at radius 1 is 1.38 bits per heavy atom. The summed E-state index contributed by atoms with van der Waals surface area (Å²) in [4.78, 5) is 27.7. The second-order valence-corrected chi connectivity index (χ2v) is 5.40. The molecule has 0 aliphatic heterocycles. The van der Waals surface area contributed by atoms with Crippen molar-refractivity contribution in [2.24, 2.45) is 0 Å². The maximum atomic E-state index is 11.9. The van der Waals surface area contributed by atoms with Crippen LogP contribution in [0.5, 0.6) is 0 Å². The molecule has 0 bridgehead atoms. The van der Waals surface area contributed by atoms with Gasteiger partial charge in [0.15, 0.2) is 6.04 Å². The van der Waals surface area contributed by atoms with Crippen LogP contribution < -0.4 is 10.6 Å². The van der Waals surface area contributed by atoms with E-state index in [0.29, 0.717) is 12.3 Å². The summed E-state index contributed by atoms with van der Waals surface area (Å²) >= 11 is 0. The van der Waals surface area contributed by atoms with Crippen LogP contribution in [0.3, 0.4) is 0 Å². The molecule has 1 saturated carbocycles. The third-order valence-corrected chi connectivity index (χ3v) is 3.93. The smallest absolute Gasteiger partial charge is 0.252 e. The predicted molar refractivity (Wildman–Crippen MR) is 77.6 cm³/mol. The fourth-order valence-corrected chi connectivity index (χ4v) is 2.66. The molecule has 1 unspecified atom stereocenters. The number of carbonyl (C=O) groups excluding carboxylic acids is 2. The summed E-state index contributed by atoms with van der Waals surface area (Å²) in [5.74, 6) is 0.933. The van der Waals surface area contributed by atoms with Crippen LogP contribution in [0.2, 0.25) is 0 Å². The molecule has 0 aromatic carbocycles. The first-order valence-corrected chi connectivity index (χ1v) is 7.62. The van der Waals surface area contributed by atoms with Gasteiger partial charge >= 0.3 is 0 Å².